The van der Waals surface area contributed by atoms with Crippen molar-refractivity contribution >= 4 is 63.1 Å². The maximum Gasteiger partial charge on any atom is 0.303 e. The quantitative estimate of drug-likeness (QED) is 0.218. The van der Waals surface area contributed by atoms with Gasteiger partial charge in [0.25, 0.3) is 0 Å². The van der Waals surface area contributed by atoms with Gasteiger partial charge in [0, 0.05) is 28.5 Å². The lowest BCUT2D eigenvalue weighted by Gasteiger charge is -2.05. The molecule has 2 aliphatic rings. The molecule has 0 saturated carbocycles. The minimum absolute atomic E-state index is 0.239. The van der Waals surface area contributed by atoms with Gasteiger partial charge in [-0.3, -0.25) is 4.79 Å². The molecule has 3 aromatic heterocycles. The van der Waals surface area contributed by atoms with Crippen molar-refractivity contribution in [3.05, 3.63) is 119 Å². The number of aromatic nitrogens is 4. The third kappa shape index (κ3) is 6.08. The lowest BCUT2D eigenvalue weighted by Crippen LogP contribution is -1.96. The molecule has 8 bridgehead atoms. The predicted molar refractivity (Wildman–Crippen MR) is 163 cm³/mol. The Morgan fingerprint density at radius 2 is 1.10 bits per heavy atom. The number of aliphatic carboxylic acids is 1. The molecule has 2 aromatic carbocycles. The first kappa shape index (κ1) is 25.1. The predicted octanol–water partition coefficient (Wildman–Crippen LogP) is 7.90. The molecule has 0 aliphatic carbocycles. The number of nitrogens with zero attached hydrogens (tertiary/aromatic N) is 2. The SMILES string of the molecule is C1=Cc2cc3ccc(cc4nc(cc5ccc(cc1n2)[nH]5)C=C4)[nH]3.O=C(O)CCCc1cccc2ccccc12. The zero-order valence-electron chi connectivity index (χ0n) is 21.8. The largest absolute Gasteiger partial charge is 0.481 e. The van der Waals surface area contributed by atoms with Gasteiger partial charge in [-0.25, -0.2) is 9.97 Å². The Bertz CT molecular complexity index is 1750. The maximum atomic E-state index is 10.5. The number of rotatable bonds is 4. The van der Waals surface area contributed by atoms with Crippen molar-refractivity contribution in [3.63, 3.8) is 0 Å². The molecule has 0 spiro atoms. The van der Waals surface area contributed by atoms with E-state index in [-0.39, 0.29) is 6.42 Å². The van der Waals surface area contributed by atoms with Crippen LogP contribution in [-0.2, 0) is 11.2 Å². The number of aryl methyl sites for hydroxylation is 1. The maximum absolute atomic E-state index is 10.5. The van der Waals surface area contributed by atoms with Crippen molar-refractivity contribution in [2.24, 2.45) is 0 Å². The fourth-order valence-corrected chi connectivity index (χ4v) is 4.88. The normalized spacial score (nSPS) is 11.8. The van der Waals surface area contributed by atoms with E-state index in [1.807, 2.05) is 66.8 Å². The van der Waals surface area contributed by atoms with Crippen molar-refractivity contribution in [1.82, 2.24) is 19.9 Å². The van der Waals surface area contributed by atoms with Crippen LogP contribution in [0.3, 0.4) is 0 Å². The van der Waals surface area contributed by atoms with Crippen LogP contribution >= 0.6 is 0 Å². The second-order valence-corrected chi connectivity index (χ2v) is 9.79. The van der Waals surface area contributed by atoms with Crippen LogP contribution in [0.5, 0.6) is 0 Å². The van der Waals surface area contributed by atoms with E-state index in [1.165, 1.54) is 16.3 Å². The van der Waals surface area contributed by atoms with E-state index >= 15 is 0 Å². The van der Waals surface area contributed by atoms with E-state index in [0.29, 0.717) is 6.42 Å². The Morgan fingerprint density at radius 1 is 0.625 bits per heavy atom. The van der Waals surface area contributed by atoms with E-state index in [9.17, 15) is 4.79 Å². The standard InChI is InChI=1S/C20H14N4.C14H14O2/c1-2-14-10-16-5-6-18(23-16)12-20-8-7-19(24-20)11-17-4-3-15(22-17)9-13(1)21-14;15-14(16)10-4-8-12-7-3-6-11-5-1-2-9-13(11)12/h1-12,21,24H;1-3,5-7,9H,4,8,10H2,(H,15,16). The lowest BCUT2D eigenvalue weighted by atomic mass is 10.0. The molecule has 0 amide bonds. The number of aromatic amines is 2. The summed E-state index contributed by atoms with van der Waals surface area (Å²) in [5.41, 5.74) is 9.10. The number of nitrogens with one attached hydrogen (secondary N) is 2. The van der Waals surface area contributed by atoms with Gasteiger partial charge in [-0.2, -0.15) is 0 Å². The molecular formula is C34H28N4O2. The van der Waals surface area contributed by atoms with Gasteiger partial charge >= 0.3 is 5.97 Å². The molecule has 196 valence electrons. The summed E-state index contributed by atoms with van der Waals surface area (Å²) in [6.07, 6.45) is 9.85. The van der Waals surface area contributed by atoms with Crippen LogP contribution in [0.15, 0.2) is 91.0 Å². The lowest BCUT2D eigenvalue weighted by molar-refractivity contribution is -0.137. The third-order valence-corrected chi connectivity index (χ3v) is 6.76. The number of H-pyrrole nitrogens is 2. The monoisotopic (exact) mass is 524 g/mol. The Balaban J connectivity index is 0.000000158. The minimum Gasteiger partial charge on any atom is -0.481 e. The minimum atomic E-state index is -0.722. The van der Waals surface area contributed by atoms with Gasteiger partial charge in [0.15, 0.2) is 0 Å². The summed E-state index contributed by atoms with van der Waals surface area (Å²) < 4.78 is 0. The third-order valence-electron chi connectivity index (χ3n) is 6.76. The van der Waals surface area contributed by atoms with Crippen molar-refractivity contribution in [1.29, 1.82) is 0 Å². The molecular weight excluding hydrogens is 496 g/mol. The van der Waals surface area contributed by atoms with Gasteiger partial charge in [-0.15, -0.1) is 0 Å². The van der Waals surface area contributed by atoms with Crippen LogP contribution in [0, 0.1) is 0 Å². The Hall–Kier alpha value is -5.23. The number of benzene rings is 2. The molecule has 0 unspecified atom stereocenters. The molecule has 0 radical (unpaired) electrons. The number of hydrogen-bond donors (Lipinski definition) is 3. The summed E-state index contributed by atoms with van der Waals surface area (Å²) in [4.78, 5) is 26.5. The zero-order valence-corrected chi connectivity index (χ0v) is 21.8. The first-order valence-electron chi connectivity index (χ1n) is 13.3. The van der Waals surface area contributed by atoms with E-state index < -0.39 is 5.97 Å². The number of carboxylic acids is 1. The van der Waals surface area contributed by atoms with Crippen LogP contribution in [0.2, 0.25) is 0 Å². The van der Waals surface area contributed by atoms with E-state index in [4.69, 9.17) is 5.11 Å². The highest BCUT2D eigenvalue weighted by Crippen LogP contribution is 2.20. The second-order valence-electron chi connectivity index (χ2n) is 9.79. The average molecular weight is 525 g/mol. The van der Waals surface area contributed by atoms with Gasteiger partial charge in [0.05, 0.1) is 22.8 Å². The molecule has 0 fully saturated rings. The topological polar surface area (TPSA) is 94.7 Å². The molecule has 0 atom stereocenters. The van der Waals surface area contributed by atoms with E-state index in [1.54, 1.807) is 0 Å². The first-order valence-corrected chi connectivity index (χ1v) is 13.3. The fraction of sp³-hybridized carbons (Fsp3) is 0.0882. The number of carbonyl (C=O) groups is 1. The summed E-state index contributed by atoms with van der Waals surface area (Å²) in [5.74, 6) is -0.722. The summed E-state index contributed by atoms with van der Waals surface area (Å²) in [5, 5.41) is 11.1. The number of fused-ring (bicyclic) bond motifs is 9. The average Bonchev–Trinajstić information content (AvgIpc) is 3.76. The summed E-state index contributed by atoms with van der Waals surface area (Å²) in [6.45, 7) is 0. The highest BCUT2D eigenvalue weighted by molar-refractivity contribution is 5.85. The van der Waals surface area contributed by atoms with Crippen LogP contribution in [0.25, 0.3) is 57.1 Å². The second kappa shape index (κ2) is 11.3. The number of hydrogen-bond acceptors (Lipinski definition) is 3. The molecule has 7 rings (SSSR count). The van der Waals surface area contributed by atoms with Crippen LogP contribution in [0.4, 0.5) is 0 Å². The highest BCUT2D eigenvalue weighted by Gasteiger charge is 2.03. The van der Waals surface area contributed by atoms with Gasteiger partial charge in [-0.05, 0) is 102 Å². The Kier molecular flexibility index (Phi) is 7.05. The summed E-state index contributed by atoms with van der Waals surface area (Å²) in [6, 6.07) is 30.7. The van der Waals surface area contributed by atoms with Crippen LogP contribution < -0.4 is 0 Å². The molecule has 6 nitrogen and oxygen atoms in total. The van der Waals surface area contributed by atoms with Crippen LogP contribution in [0.1, 0.15) is 41.2 Å². The molecule has 6 heteroatoms. The summed E-state index contributed by atoms with van der Waals surface area (Å²) in [7, 11) is 0. The van der Waals surface area contributed by atoms with Crippen molar-refractivity contribution in [3.8, 4) is 0 Å². The molecule has 2 aliphatic heterocycles. The summed E-state index contributed by atoms with van der Waals surface area (Å²) >= 11 is 0. The Labute approximate surface area is 231 Å². The molecule has 5 aromatic rings. The van der Waals surface area contributed by atoms with Crippen molar-refractivity contribution in [2.45, 2.75) is 19.3 Å². The molecule has 0 saturated heterocycles. The smallest absolute Gasteiger partial charge is 0.303 e. The van der Waals surface area contributed by atoms with E-state index in [0.717, 1.165) is 51.3 Å². The van der Waals surface area contributed by atoms with Crippen molar-refractivity contribution < 1.29 is 9.90 Å². The molecule has 3 N–H and O–H groups in total. The number of carboxylic acid groups (broad SMARTS) is 1. The molecule has 40 heavy (non-hydrogen) atoms. The highest BCUT2D eigenvalue weighted by atomic mass is 16.4. The Morgan fingerprint density at radius 3 is 1.60 bits per heavy atom. The zero-order chi connectivity index (χ0) is 27.3. The van der Waals surface area contributed by atoms with Gasteiger partial charge in [0.1, 0.15) is 0 Å². The van der Waals surface area contributed by atoms with E-state index in [2.05, 4.69) is 68.5 Å². The van der Waals surface area contributed by atoms with Crippen molar-refractivity contribution in [2.75, 3.05) is 0 Å². The first-order chi connectivity index (χ1) is 19.6. The van der Waals surface area contributed by atoms with Gasteiger partial charge < -0.3 is 15.1 Å². The van der Waals surface area contributed by atoms with Gasteiger partial charge in [-0.1, -0.05) is 42.5 Å². The fourth-order valence-electron chi connectivity index (χ4n) is 4.88. The van der Waals surface area contributed by atoms with Gasteiger partial charge in [0.2, 0.25) is 0 Å². The van der Waals surface area contributed by atoms with Crippen LogP contribution in [-0.4, -0.2) is 31.0 Å². The molecule has 5 heterocycles.